The van der Waals surface area contributed by atoms with Crippen molar-refractivity contribution in [3.8, 4) is 0 Å². The van der Waals surface area contributed by atoms with Crippen LogP contribution in [0.3, 0.4) is 0 Å². The fourth-order valence-electron chi connectivity index (χ4n) is 6.18. The number of quaternary nitrogens is 2. The zero-order valence-electron chi connectivity index (χ0n) is 34.4. The van der Waals surface area contributed by atoms with E-state index in [9.17, 15) is 49.2 Å². The summed E-state index contributed by atoms with van der Waals surface area (Å²) in [6, 6.07) is -7.29. The molecule has 0 aromatic heterocycles. The number of carbonyl (C=O) groups is 6. The Hall–Kier alpha value is -3.38. The first-order valence-corrected chi connectivity index (χ1v) is 21.0. The molecule has 0 spiro atoms. The Morgan fingerprint density at radius 3 is 1.30 bits per heavy atom. The standard InChI is InChI=1S/C39H75N7O10/c1-4-5-6-7-8-9-10-11-12-13-14-15-16-23-32(50)42-29(21-17-19-24-40)36(52)45-34(28(3)49)38(54)46-33(27(2)48)37(53)43-30(22-18-20-25-41)35(51)44-31(26-47)39(55)56/h27-31,33-34,47-49H,4-26,40-41H2,1-3H3,(H,42,50)(H,43,53)(H,44,51)(H,45,52)(H,46,54)(H,55,56)/p+1. The van der Waals surface area contributed by atoms with Crippen molar-refractivity contribution in [1.29, 1.82) is 0 Å². The Morgan fingerprint density at radius 2 is 0.893 bits per heavy atom. The van der Waals surface area contributed by atoms with Gasteiger partial charge in [-0.3, -0.25) is 24.0 Å². The summed E-state index contributed by atoms with van der Waals surface area (Å²) >= 11 is 0. The summed E-state index contributed by atoms with van der Waals surface area (Å²) < 4.78 is 0. The van der Waals surface area contributed by atoms with Crippen molar-refractivity contribution < 1.29 is 60.7 Å². The lowest BCUT2D eigenvalue weighted by Crippen LogP contribution is -2.63. The number of aliphatic carboxylic acids is 1. The van der Waals surface area contributed by atoms with Gasteiger partial charge < -0.3 is 63.3 Å². The van der Waals surface area contributed by atoms with Crippen LogP contribution in [0.5, 0.6) is 0 Å². The van der Waals surface area contributed by atoms with E-state index in [1.165, 1.54) is 71.6 Å². The molecule has 0 aliphatic rings. The van der Waals surface area contributed by atoms with Gasteiger partial charge in [0, 0.05) is 6.42 Å². The molecule has 17 nitrogen and oxygen atoms in total. The highest BCUT2D eigenvalue weighted by Crippen LogP contribution is 2.13. The normalized spacial score (nSPS) is 15.0. The summed E-state index contributed by atoms with van der Waals surface area (Å²) in [6.45, 7) is 4.89. The largest absolute Gasteiger partial charge is 0.548 e. The van der Waals surface area contributed by atoms with Gasteiger partial charge in [-0.15, -0.1) is 0 Å². The van der Waals surface area contributed by atoms with E-state index in [0.29, 0.717) is 45.2 Å². The first kappa shape index (κ1) is 52.6. The zero-order chi connectivity index (χ0) is 42.3. The van der Waals surface area contributed by atoms with E-state index in [1.807, 2.05) is 0 Å². The topological polar surface area (TPSA) is 302 Å². The van der Waals surface area contributed by atoms with Gasteiger partial charge >= 0.3 is 0 Å². The molecule has 17 heteroatoms. The number of aliphatic hydroxyl groups excluding tert-OH is 3. The third-order valence-corrected chi connectivity index (χ3v) is 9.69. The second kappa shape index (κ2) is 32.7. The van der Waals surface area contributed by atoms with Gasteiger partial charge in [0.25, 0.3) is 0 Å². The quantitative estimate of drug-likeness (QED) is 0.0322. The van der Waals surface area contributed by atoms with E-state index in [-0.39, 0.29) is 25.2 Å². The highest BCUT2D eigenvalue weighted by Gasteiger charge is 2.35. The highest BCUT2D eigenvalue weighted by molar-refractivity contribution is 5.96. The van der Waals surface area contributed by atoms with Crippen molar-refractivity contribution in [2.24, 2.45) is 0 Å². The second-order valence-corrected chi connectivity index (χ2v) is 14.9. The molecular formula is C39H76N7O10+. The number of rotatable bonds is 35. The Kier molecular flexibility index (Phi) is 30.7. The van der Waals surface area contributed by atoms with E-state index in [4.69, 9.17) is 0 Å². The number of carboxylic acid groups (broad SMARTS) is 1. The Morgan fingerprint density at radius 1 is 0.518 bits per heavy atom. The first-order chi connectivity index (χ1) is 26.7. The molecule has 7 atom stereocenters. The second-order valence-electron chi connectivity index (χ2n) is 14.9. The third kappa shape index (κ3) is 24.3. The predicted octanol–water partition coefficient (Wildman–Crippen LogP) is -1.78. The molecule has 14 N–H and O–H groups in total. The van der Waals surface area contributed by atoms with Crippen molar-refractivity contribution >= 4 is 35.5 Å². The average molecular weight is 803 g/mol. The number of aliphatic hydroxyl groups is 3. The molecule has 0 saturated heterocycles. The average Bonchev–Trinajstić information content (AvgIpc) is 3.15. The summed E-state index contributed by atoms with van der Waals surface area (Å²) in [5, 5.41) is 53.6. The lowest BCUT2D eigenvalue weighted by atomic mass is 10.0. The monoisotopic (exact) mass is 803 g/mol. The van der Waals surface area contributed by atoms with Gasteiger partial charge in [-0.25, -0.2) is 0 Å². The third-order valence-electron chi connectivity index (χ3n) is 9.69. The van der Waals surface area contributed by atoms with Gasteiger partial charge in [-0.05, 0) is 58.8 Å². The fourth-order valence-corrected chi connectivity index (χ4v) is 6.18. The maximum Gasteiger partial charge on any atom is 0.245 e. The SMILES string of the molecule is CCCCCCCCCCCCCCCC(=O)NC(CCCC[NH3+])C(=O)NC(C(=O)NC(C(=O)NC(CCCC[NH3+])C(=O)NC(CO)C(=O)[O-])C(C)O)C(C)O. The molecule has 7 unspecified atom stereocenters. The van der Waals surface area contributed by atoms with E-state index >= 15 is 0 Å². The van der Waals surface area contributed by atoms with Crippen molar-refractivity contribution in [3.63, 3.8) is 0 Å². The molecule has 5 amide bonds. The maximum atomic E-state index is 13.5. The van der Waals surface area contributed by atoms with Crippen molar-refractivity contribution in [2.45, 2.75) is 192 Å². The molecule has 326 valence electrons. The van der Waals surface area contributed by atoms with Crippen LogP contribution in [0.2, 0.25) is 0 Å². The summed E-state index contributed by atoms with van der Waals surface area (Å²) in [7, 11) is 0. The van der Waals surface area contributed by atoms with Crippen LogP contribution in [0.4, 0.5) is 0 Å². The molecule has 0 aromatic rings. The molecule has 0 rings (SSSR count). The van der Waals surface area contributed by atoms with Gasteiger partial charge in [0.2, 0.25) is 29.5 Å². The van der Waals surface area contributed by atoms with Gasteiger partial charge in [-0.2, -0.15) is 0 Å². The van der Waals surface area contributed by atoms with E-state index in [1.54, 1.807) is 0 Å². The van der Waals surface area contributed by atoms with Gasteiger partial charge in [0.05, 0.1) is 43.9 Å². The van der Waals surface area contributed by atoms with E-state index in [0.717, 1.165) is 19.3 Å². The Labute approximate surface area is 333 Å². The van der Waals surface area contributed by atoms with Crippen LogP contribution in [0.1, 0.15) is 149 Å². The van der Waals surface area contributed by atoms with Gasteiger partial charge in [0.15, 0.2) is 0 Å². The summed E-state index contributed by atoms with van der Waals surface area (Å²) in [4.78, 5) is 77.2. The molecule has 0 aromatic carbocycles. The van der Waals surface area contributed by atoms with Crippen LogP contribution in [-0.2, 0) is 28.8 Å². The summed E-state index contributed by atoms with van der Waals surface area (Å²) in [5.41, 5.74) is 7.55. The van der Waals surface area contributed by atoms with Gasteiger partial charge in [-0.1, -0.05) is 84.0 Å². The molecular weight excluding hydrogens is 726 g/mol. The van der Waals surface area contributed by atoms with Crippen LogP contribution in [-0.4, -0.2) is 113 Å². The number of hydrogen-bond acceptors (Lipinski definition) is 10. The number of unbranched alkanes of at least 4 members (excludes halogenated alkanes) is 14. The number of carbonyl (C=O) groups excluding carboxylic acids is 6. The van der Waals surface area contributed by atoms with Gasteiger partial charge in [0.1, 0.15) is 24.2 Å². The summed E-state index contributed by atoms with van der Waals surface area (Å²) in [6.07, 6.45) is 15.1. The minimum atomic E-state index is -1.73. The molecule has 0 heterocycles. The molecule has 0 bridgehead atoms. The number of amides is 5. The lowest BCUT2D eigenvalue weighted by Gasteiger charge is -2.29. The first-order valence-electron chi connectivity index (χ1n) is 21.0. The zero-order valence-corrected chi connectivity index (χ0v) is 34.4. The maximum absolute atomic E-state index is 13.5. The van der Waals surface area contributed by atoms with E-state index in [2.05, 4.69) is 45.0 Å². The molecule has 0 fully saturated rings. The summed E-state index contributed by atoms with van der Waals surface area (Å²) in [5.74, 6) is -5.69. The Bertz CT molecular complexity index is 1130. The number of carboxylic acids is 1. The lowest BCUT2D eigenvalue weighted by molar-refractivity contribution is -0.368. The van der Waals surface area contributed by atoms with E-state index < -0.39 is 78.6 Å². The number of nitrogens with one attached hydrogen (secondary N) is 5. The van der Waals surface area contributed by atoms with Crippen LogP contribution in [0.15, 0.2) is 0 Å². The smallest absolute Gasteiger partial charge is 0.245 e. The minimum Gasteiger partial charge on any atom is -0.548 e. The van der Waals surface area contributed by atoms with Crippen LogP contribution >= 0.6 is 0 Å². The molecule has 0 aliphatic carbocycles. The molecule has 0 aliphatic heterocycles. The minimum absolute atomic E-state index is 0.0473. The van der Waals surface area contributed by atoms with Crippen LogP contribution < -0.4 is 43.2 Å². The highest BCUT2D eigenvalue weighted by atomic mass is 16.4. The predicted molar refractivity (Wildman–Crippen MR) is 209 cm³/mol. The molecule has 0 saturated carbocycles. The molecule has 56 heavy (non-hydrogen) atoms. The Balaban J connectivity index is 5.38. The molecule has 0 radical (unpaired) electrons. The van der Waals surface area contributed by atoms with Crippen LogP contribution in [0.25, 0.3) is 0 Å². The van der Waals surface area contributed by atoms with Crippen molar-refractivity contribution in [2.75, 3.05) is 19.7 Å². The number of hydrogen-bond donors (Lipinski definition) is 10. The van der Waals surface area contributed by atoms with Crippen molar-refractivity contribution in [3.05, 3.63) is 0 Å². The van der Waals surface area contributed by atoms with Crippen LogP contribution in [0, 0.1) is 0 Å². The van der Waals surface area contributed by atoms with Crippen molar-refractivity contribution in [1.82, 2.24) is 26.6 Å². The fraction of sp³-hybridized carbons (Fsp3) is 0.846.